The molecule has 0 radical (unpaired) electrons. The normalized spacial score (nSPS) is 18.3. The number of carbonyl (C=O) groups excluding carboxylic acids is 1. The van der Waals surface area contributed by atoms with Crippen molar-refractivity contribution in [1.29, 1.82) is 5.26 Å². The number of nitrogens with zero attached hydrogens (tertiary/aromatic N) is 2. The van der Waals surface area contributed by atoms with Crippen LogP contribution in [0.3, 0.4) is 0 Å². The number of carbonyl (C=O) groups is 1. The van der Waals surface area contributed by atoms with E-state index < -0.39 is 28.1 Å². The van der Waals surface area contributed by atoms with E-state index in [2.05, 4.69) is 16.0 Å². The molecule has 0 aliphatic carbocycles. The second-order valence-electron chi connectivity index (χ2n) is 6.53. The van der Waals surface area contributed by atoms with Crippen LogP contribution in [-0.2, 0) is 17.1 Å². The first-order valence-corrected chi connectivity index (χ1v) is 9.97. The van der Waals surface area contributed by atoms with Gasteiger partial charge < -0.3 is 19.7 Å². The highest BCUT2D eigenvalue weighted by atomic mass is 32.2. The maximum atomic E-state index is 12.9. The Kier molecular flexibility index (Phi) is 5.36. The summed E-state index contributed by atoms with van der Waals surface area (Å²) >= 11 is 0. The van der Waals surface area contributed by atoms with Crippen LogP contribution in [0.1, 0.15) is 21.6 Å². The third-order valence-corrected chi connectivity index (χ3v) is 5.97. The third-order valence-electron chi connectivity index (χ3n) is 4.49. The number of amides is 1. The van der Waals surface area contributed by atoms with E-state index in [0.717, 1.165) is 5.56 Å². The van der Waals surface area contributed by atoms with E-state index in [1.807, 2.05) is 6.07 Å². The zero-order valence-electron chi connectivity index (χ0n) is 15.6. The molecule has 10 heteroatoms. The number of sulfonamides is 1. The van der Waals surface area contributed by atoms with Crippen LogP contribution in [0.25, 0.3) is 0 Å². The first-order valence-electron chi connectivity index (χ1n) is 8.48. The first-order chi connectivity index (χ1) is 13.7. The number of benzene rings is 1. The molecule has 3 rings (SSSR count). The van der Waals surface area contributed by atoms with E-state index in [4.69, 9.17) is 16.4 Å². The van der Waals surface area contributed by atoms with E-state index in [-0.39, 0.29) is 22.9 Å². The fourth-order valence-corrected chi connectivity index (χ4v) is 4.34. The molecule has 1 aromatic carbocycles. The summed E-state index contributed by atoms with van der Waals surface area (Å²) in [5.41, 5.74) is 1.52. The number of terminal acetylenes is 1. The van der Waals surface area contributed by atoms with E-state index in [1.165, 1.54) is 23.9 Å². The van der Waals surface area contributed by atoms with Crippen molar-refractivity contribution in [1.82, 2.24) is 9.29 Å². The lowest BCUT2D eigenvalue weighted by atomic mass is 10.1. The molecule has 29 heavy (non-hydrogen) atoms. The van der Waals surface area contributed by atoms with Crippen molar-refractivity contribution < 1.29 is 23.1 Å². The molecule has 2 unspecified atom stereocenters. The van der Waals surface area contributed by atoms with Gasteiger partial charge in [0.25, 0.3) is 5.91 Å². The average Bonchev–Trinajstić information content (AvgIpc) is 2.96. The summed E-state index contributed by atoms with van der Waals surface area (Å²) < 4.78 is 34.5. The van der Waals surface area contributed by atoms with Gasteiger partial charge >= 0.3 is 0 Å². The van der Waals surface area contributed by atoms with Crippen LogP contribution in [0.2, 0.25) is 0 Å². The molecule has 1 aliphatic heterocycles. The summed E-state index contributed by atoms with van der Waals surface area (Å²) in [6.45, 7) is 1.51. The Morgan fingerprint density at radius 2 is 2.24 bits per heavy atom. The maximum absolute atomic E-state index is 12.9. The van der Waals surface area contributed by atoms with Gasteiger partial charge in [0.1, 0.15) is 17.6 Å². The topological polar surface area (TPSA) is 133 Å². The van der Waals surface area contributed by atoms with Crippen molar-refractivity contribution in [2.75, 3.05) is 11.9 Å². The Balaban J connectivity index is 1.97. The number of nitriles is 1. The molecule has 2 heterocycles. The summed E-state index contributed by atoms with van der Waals surface area (Å²) in [5, 5.41) is 21.6. The SMILES string of the molecule is C#CC(O)C1COc2c(cn(C)c2C(=O)Nc2ccc(C)c(C#N)c2)S(=O)(=O)N1. The Morgan fingerprint density at radius 1 is 1.52 bits per heavy atom. The standard InChI is InChI=1S/C19H18N4O5S/c1-4-15(24)14-10-28-18-16(29(26,27)22-14)9-23(3)17(18)19(25)21-13-6-5-11(2)12(7-13)8-20/h1,5-7,9,14-15,22,24H,10H2,2-3H3,(H,21,25). The molecular weight excluding hydrogens is 396 g/mol. The van der Waals surface area contributed by atoms with Crippen LogP contribution < -0.4 is 14.8 Å². The van der Waals surface area contributed by atoms with Gasteiger partial charge in [-0.1, -0.05) is 12.0 Å². The number of aromatic nitrogens is 1. The fraction of sp³-hybridized carbons (Fsp3) is 0.263. The van der Waals surface area contributed by atoms with Crippen LogP contribution in [0.15, 0.2) is 29.3 Å². The van der Waals surface area contributed by atoms with Crippen molar-refractivity contribution >= 4 is 21.6 Å². The molecule has 0 spiro atoms. The van der Waals surface area contributed by atoms with Gasteiger partial charge in [-0.3, -0.25) is 4.79 Å². The molecule has 2 atom stereocenters. The lowest BCUT2D eigenvalue weighted by Gasteiger charge is -2.17. The minimum atomic E-state index is -4.08. The molecule has 1 amide bonds. The molecule has 9 nitrogen and oxygen atoms in total. The summed E-state index contributed by atoms with van der Waals surface area (Å²) in [4.78, 5) is 12.6. The molecular formula is C19H18N4O5S. The summed E-state index contributed by atoms with van der Waals surface area (Å²) in [7, 11) is -2.58. The first kappa shape index (κ1) is 20.4. The number of rotatable bonds is 3. The second kappa shape index (κ2) is 7.60. The van der Waals surface area contributed by atoms with Gasteiger partial charge in [0.2, 0.25) is 10.0 Å². The number of hydrogen-bond acceptors (Lipinski definition) is 6. The van der Waals surface area contributed by atoms with Crippen LogP contribution in [0.5, 0.6) is 5.75 Å². The lowest BCUT2D eigenvalue weighted by Crippen LogP contribution is -2.44. The van der Waals surface area contributed by atoms with Gasteiger partial charge in [0.05, 0.1) is 17.7 Å². The number of anilines is 1. The lowest BCUT2D eigenvalue weighted by molar-refractivity contribution is 0.101. The zero-order valence-corrected chi connectivity index (χ0v) is 16.4. The van der Waals surface area contributed by atoms with Gasteiger partial charge in [0, 0.05) is 18.9 Å². The van der Waals surface area contributed by atoms with E-state index in [0.29, 0.717) is 11.3 Å². The maximum Gasteiger partial charge on any atom is 0.276 e. The van der Waals surface area contributed by atoms with Crippen LogP contribution in [0, 0.1) is 30.6 Å². The van der Waals surface area contributed by atoms with Crippen molar-refractivity contribution in [3.8, 4) is 24.2 Å². The number of aliphatic hydroxyl groups is 1. The summed E-state index contributed by atoms with van der Waals surface area (Å²) in [6, 6.07) is 5.82. The second-order valence-corrected chi connectivity index (χ2v) is 8.21. The molecule has 0 bridgehead atoms. The van der Waals surface area contributed by atoms with Crippen LogP contribution in [-0.4, -0.2) is 42.8 Å². The number of ether oxygens (including phenoxy) is 1. The predicted octanol–water partition coefficient (Wildman–Crippen LogP) is 0.491. The van der Waals surface area contributed by atoms with Crippen LogP contribution >= 0.6 is 0 Å². The number of fused-ring (bicyclic) bond motifs is 1. The molecule has 0 saturated heterocycles. The van der Waals surface area contributed by atoms with Gasteiger partial charge in [-0.15, -0.1) is 6.42 Å². The Bertz CT molecular complexity index is 1170. The molecule has 1 aliphatic rings. The minimum Gasteiger partial charge on any atom is -0.488 e. The number of aliphatic hydroxyl groups excluding tert-OH is 1. The highest BCUT2D eigenvalue weighted by molar-refractivity contribution is 7.89. The molecule has 2 aromatic rings. The number of nitrogens with one attached hydrogen (secondary N) is 2. The molecule has 0 fully saturated rings. The minimum absolute atomic E-state index is 0.0275. The van der Waals surface area contributed by atoms with Gasteiger partial charge in [-0.2, -0.15) is 5.26 Å². The summed E-state index contributed by atoms with van der Waals surface area (Å²) in [5.74, 6) is 1.29. The third kappa shape index (κ3) is 3.82. The fourth-order valence-electron chi connectivity index (χ4n) is 2.92. The van der Waals surface area contributed by atoms with E-state index >= 15 is 0 Å². The largest absolute Gasteiger partial charge is 0.488 e. The predicted molar refractivity (Wildman–Crippen MR) is 104 cm³/mol. The average molecular weight is 414 g/mol. The van der Waals surface area contributed by atoms with E-state index in [9.17, 15) is 18.3 Å². The van der Waals surface area contributed by atoms with Crippen LogP contribution in [0.4, 0.5) is 5.69 Å². The monoisotopic (exact) mass is 414 g/mol. The van der Waals surface area contributed by atoms with Gasteiger partial charge in [0.15, 0.2) is 11.4 Å². The number of hydrogen-bond donors (Lipinski definition) is 3. The quantitative estimate of drug-likeness (QED) is 0.626. The summed E-state index contributed by atoms with van der Waals surface area (Å²) in [6.07, 6.45) is 5.01. The van der Waals surface area contributed by atoms with E-state index in [1.54, 1.807) is 19.1 Å². The molecule has 1 aromatic heterocycles. The highest BCUT2D eigenvalue weighted by Gasteiger charge is 2.36. The van der Waals surface area contributed by atoms with Crippen molar-refractivity contribution in [2.45, 2.75) is 24.0 Å². The molecule has 0 saturated carbocycles. The molecule has 150 valence electrons. The Morgan fingerprint density at radius 3 is 2.90 bits per heavy atom. The highest BCUT2D eigenvalue weighted by Crippen LogP contribution is 2.33. The Hall–Kier alpha value is -3.31. The molecule has 3 N–H and O–H groups in total. The van der Waals surface area contributed by atoms with Crippen molar-refractivity contribution in [3.63, 3.8) is 0 Å². The van der Waals surface area contributed by atoms with Gasteiger partial charge in [-0.25, -0.2) is 13.1 Å². The van der Waals surface area contributed by atoms with Crippen molar-refractivity contribution in [3.05, 3.63) is 41.2 Å². The Labute approximate surface area is 168 Å². The number of aryl methyl sites for hydroxylation is 2. The van der Waals surface area contributed by atoms with Gasteiger partial charge in [-0.05, 0) is 24.6 Å². The zero-order chi connectivity index (χ0) is 21.3. The smallest absolute Gasteiger partial charge is 0.276 e. The van der Waals surface area contributed by atoms with Crippen molar-refractivity contribution in [2.24, 2.45) is 7.05 Å².